The minimum Gasteiger partial charge on any atom is -0.507 e. The lowest BCUT2D eigenvalue weighted by atomic mass is 10.1. The second-order valence-corrected chi connectivity index (χ2v) is 6.05. The van der Waals surface area contributed by atoms with Crippen molar-refractivity contribution in [3.63, 3.8) is 0 Å². The van der Waals surface area contributed by atoms with Gasteiger partial charge in [0.15, 0.2) is 0 Å². The molecule has 8 heteroatoms. The zero-order chi connectivity index (χ0) is 17.6. The third-order valence-electron chi connectivity index (χ3n) is 4.53. The number of hydrogen-bond acceptors (Lipinski definition) is 3. The second-order valence-electron chi connectivity index (χ2n) is 6.05. The largest absolute Gasteiger partial charge is 0.507 e. The number of alkyl halides is 3. The number of fused-ring (bicyclic) bond motifs is 1. The number of nitrogens with zero attached hydrogens (tertiary/aromatic N) is 2. The molecule has 5 nitrogen and oxygen atoms in total. The predicted octanol–water partition coefficient (Wildman–Crippen LogP) is 3.20. The molecule has 2 N–H and O–H groups in total. The van der Waals surface area contributed by atoms with E-state index < -0.39 is 23.5 Å². The number of hydrogen-bond donors (Lipinski definition) is 2. The van der Waals surface area contributed by atoms with Crippen molar-refractivity contribution in [2.24, 2.45) is 7.05 Å². The molecule has 1 aromatic carbocycles. The number of phenols is 1. The summed E-state index contributed by atoms with van der Waals surface area (Å²) in [6, 6.07) is 1.71. The Hall–Kier alpha value is -2.22. The van der Waals surface area contributed by atoms with Gasteiger partial charge in [-0.05, 0) is 38.1 Å². The number of aromatic hydroxyl groups is 1. The molecule has 1 fully saturated rings. The monoisotopic (exact) mass is 342 g/mol. The number of aryl methyl sites for hydroxylation is 1. The molecule has 2 aromatic rings. The Balaban J connectivity index is 2.21. The number of aromatic carboxylic acids is 1. The molecule has 1 aliphatic heterocycles. The lowest BCUT2D eigenvalue weighted by Crippen LogP contribution is -2.21. The van der Waals surface area contributed by atoms with Crippen molar-refractivity contribution >= 4 is 16.9 Å². The molecular weight excluding hydrogens is 325 g/mol. The van der Waals surface area contributed by atoms with Crippen LogP contribution in [-0.4, -0.2) is 38.7 Å². The van der Waals surface area contributed by atoms with Gasteiger partial charge in [0.05, 0.1) is 11.1 Å². The van der Waals surface area contributed by atoms with E-state index in [0.29, 0.717) is 12.2 Å². The normalized spacial score (nSPS) is 16.2. The van der Waals surface area contributed by atoms with E-state index in [4.69, 9.17) is 0 Å². The van der Waals surface area contributed by atoms with Gasteiger partial charge in [-0.1, -0.05) is 0 Å². The molecule has 0 bridgehead atoms. The first-order valence-electron chi connectivity index (χ1n) is 7.57. The molecule has 1 aliphatic rings. The van der Waals surface area contributed by atoms with Gasteiger partial charge in [-0.15, -0.1) is 0 Å². The summed E-state index contributed by atoms with van der Waals surface area (Å²) in [5.74, 6) is -2.18. The van der Waals surface area contributed by atoms with E-state index in [-0.39, 0.29) is 16.5 Å². The highest BCUT2D eigenvalue weighted by atomic mass is 19.4. The van der Waals surface area contributed by atoms with Crippen LogP contribution < -0.4 is 0 Å². The van der Waals surface area contributed by atoms with E-state index in [2.05, 4.69) is 4.90 Å². The van der Waals surface area contributed by atoms with Gasteiger partial charge in [0, 0.05) is 30.2 Å². The summed E-state index contributed by atoms with van der Waals surface area (Å²) in [5.41, 5.74) is -0.631. The summed E-state index contributed by atoms with van der Waals surface area (Å²) in [6.45, 7) is 2.02. The highest BCUT2D eigenvalue weighted by Gasteiger charge is 2.35. The second kappa shape index (κ2) is 5.70. The van der Waals surface area contributed by atoms with Gasteiger partial charge in [0.2, 0.25) is 0 Å². The van der Waals surface area contributed by atoms with Gasteiger partial charge in [-0.3, -0.25) is 4.90 Å². The van der Waals surface area contributed by atoms with Crippen molar-refractivity contribution in [3.05, 3.63) is 29.0 Å². The fraction of sp³-hybridized carbons (Fsp3) is 0.438. The topological polar surface area (TPSA) is 65.7 Å². The molecule has 0 amide bonds. The number of carbonyl (C=O) groups is 1. The first-order chi connectivity index (χ1) is 11.2. The van der Waals surface area contributed by atoms with Gasteiger partial charge in [0.1, 0.15) is 5.75 Å². The van der Waals surface area contributed by atoms with Crippen LogP contribution in [0, 0.1) is 0 Å². The summed E-state index contributed by atoms with van der Waals surface area (Å²) in [6.07, 6.45) is -2.67. The number of carboxylic acid groups (broad SMARTS) is 1. The van der Waals surface area contributed by atoms with Gasteiger partial charge < -0.3 is 14.8 Å². The van der Waals surface area contributed by atoms with Crippen LogP contribution in [0.5, 0.6) is 5.75 Å². The predicted molar refractivity (Wildman–Crippen MR) is 81.1 cm³/mol. The summed E-state index contributed by atoms with van der Waals surface area (Å²) >= 11 is 0. The molecule has 130 valence electrons. The summed E-state index contributed by atoms with van der Waals surface area (Å²) < 4.78 is 40.5. The Morgan fingerprint density at radius 3 is 2.42 bits per heavy atom. The standard InChI is InChI=1S/C16H17F3N2O3/c1-20-11-7-10(16(17,18)19)13(22)6-9(11)14(15(23)24)12(20)8-21-4-2-3-5-21/h6-7,22H,2-5,8H2,1H3,(H,23,24). The molecule has 24 heavy (non-hydrogen) atoms. The van der Waals surface area contributed by atoms with Gasteiger partial charge in [-0.2, -0.15) is 13.2 Å². The maximum Gasteiger partial charge on any atom is 0.420 e. The van der Waals surface area contributed by atoms with E-state index in [1.165, 1.54) is 4.57 Å². The van der Waals surface area contributed by atoms with Crippen LogP contribution in [0.3, 0.4) is 0 Å². The first-order valence-corrected chi connectivity index (χ1v) is 7.57. The van der Waals surface area contributed by atoms with E-state index in [0.717, 1.165) is 38.1 Å². The minimum absolute atomic E-state index is 0.0524. The third-order valence-corrected chi connectivity index (χ3v) is 4.53. The SMILES string of the molecule is Cn1c(CN2CCCC2)c(C(=O)O)c2cc(O)c(C(F)(F)F)cc21. The van der Waals surface area contributed by atoms with Crippen LogP contribution in [0.25, 0.3) is 10.9 Å². The Labute approximate surface area is 135 Å². The summed E-state index contributed by atoms with van der Waals surface area (Å²) in [7, 11) is 1.55. The molecule has 0 radical (unpaired) electrons. The Bertz CT molecular complexity index is 805. The maximum atomic E-state index is 13.0. The average molecular weight is 342 g/mol. The van der Waals surface area contributed by atoms with Crippen LogP contribution in [0.2, 0.25) is 0 Å². The van der Waals surface area contributed by atoms with Crippen molar-refractivity contribution < 1.29 is 28.2 Å². The van der Waals surface area contributed by atoms with E-state index in [9.17, 15) is 28.2 Å². The Kier molecular flexibility index (Phi) is 3.95. The smallest absolute Gasteiger partial charge is 0.420 e. The minimum atomic E-state index is -4.71. The zero-order valence-corrected chi connectivity index (χ0v) is 13.0. The van der Waals surface area contributed by atoms with Gasteiger partial charge in [-0.25, -0.2) is 4.79 Å². The van der Waals surface area contributed by atoms with Crippen LogP contribution >= 0.6 is 0 Å². The van der Waals surface area contributed by atoms with E-state index in [1.807, 2.05) is 0 Å². The molecule has 1 saturated heterocycles. The lowest BCUT2D eigenvalue weighted by molar-refractivity contribution is -0.138. The van der Waals surface area contributed by atoms with Crippen molar-refractivity contribution in [2.75, 3.05) is 13.1 Å². The van der Waals surface area contributed by atoms with Crippen molar-refractivity contribution in [1.82, 2.24) is 9.47 Å². The third kappa shape index (κ3) is 2.71. The number of aromatic nitrogens is 1. The van der Waals surface area contributed by atoms with Crippen molar-refractivity contribution in [2.45, 2.75) is 25.6 Å². The number of rotatable bonds is 3. The Morgan fingerprint density at radius 2 is 1.88 bits per heavy atom. The van der Waals surface area contributed by atoms with Crippen LogP contribution in [-0.2, 0) is 19.8 Å². The number of carboxylic acids is 1. The van der Waals surface area contributed by atoms with Crippen LogP contribution in [0.4, 0.5) is 13.2 Å². The maximum absolute atomic E-state index is 13.0. The summed E-state index contributed by atoms with van der Waals surface area (Å²) in [4.78, 5) is 13.8. The zero-order valence-electron chi connectivity index (χ0n) is 13.0. The molecule has 0 aliphatic carbocycles. The fourth-order valence-electron chi connectivity index (χ4n) is 3.33. The highest BCUT2D eigenvalue weighted by molar-refractivity contribution is 6.05. The van der Waals surface area contributed by atoms with Gasteiger partial charge in [0.25, 0.3) is 0 Å². The van der Waals surface area contributed by atoms with Crippen molar-refractivity contribution in [3.8, 4) is 5.75 Å². The van der Waals surface area contributed by atoms with Crippen molar-refractivity contribution in [1.29, 1.82) is 0 Å². The molecule has 0 atom stereocenters. The number of phenolic OH excluding ortho intramolecular Hbond substituents is 1. The molecule has 0 spiro atoms. The number of halogens is 3. The highest BCUT2D eigenvalue weighted by Crippen LogP contribution is 2.40. The summed E-state index contributed by atoms with van der Waals surface area (Å²) in [5, 5.41) is 19.4. The van der Waals surface area contributed by atoms with Crippen LogP contribution in [0.1, 0.15) is 34.5 Å². The number of likely N-dealkylation sites (tertiary alicyclic amines) is 1. The van der Waals surface area contributed by atoms with Gasteiger partial charge >= 0.3 is 12.1 Å². The molecular formula is C16H17F3N2O3. The number of benzene rings is 1. The quantitative estimate of drug-likeness (QED) is 0.899. The molecule has 0 unspecified atom stereocenters. The molecule has 2 heterocycles. The fourth-order valence-corrected chi connectivity index (χ4v) is 3.33. The average Bonchev–Trinajstić information content (AvgIpc) is 3.05. The lowest BCUT2D eigenvalue weighted by Gasteiger charge is -2.16. The first kappa shape index (κ1) is 16.6. The van der Waals surface area contributed by atoms with E-state index >= 15 is 0 Å². The molecule has 1 aromatic heterocycles. The van der Waals surface area contributed by atoms with Crippen LogP contribution in [0.15, 0.2) is 12.1 Å². The van der Waals surface area contributed by atoms with E-state index in [1.54, 1.807) is 7.05 Å². The molecule has 3 rings (SSSR count). The molecule has 0 saturated carbocycles. The Morgan fingerprint density at radius 1 is 1.25 bits per heavy atom.